The molecular weight excluding hydrogens is 374 g/mol. The van der Waals surface area contributed by atoms with E-state index in [1.807, 2.05) is 18.2 Å². The molecule has 3 aromatic rings. The first-order valence-corrected chi connectivity index (χ1v) is 8.54. The highest BCUT2D eigenvalue weighted by Crippen LogP contribution is 2.29. The smallest absolute Gasteiger partial charge is 0.293 e. The van der Waals surface area contributed by atoms with Gasteiger partial charge in [-0.05, 0) is 24.3 Å². The third-order valence-electron chi connectivity index (χ3n) is 3.95. The Morgan fingerprint density at radius 3 is 2.45 bits per heavy atom. The van der Waals surface area contributed by atoms with Crippen molar-refractivity contribution in [3.8, 4) is 11.5 Å². The number of amides is 2. The minimum Gasteiger partial charge on any atom is -0.497 e. The van der Waals surface area contributed by atoms with Crippen LogP contribution in [0.2, 0.25) is 0 Å². The summed E-state index contributed by atoms with van der Waals surface area (Å²) in [4.78, 5) is 32.5. The van der Waals surface area contributed by atoms with Gasteiger partial charge in [0.1, 0.15) is 22.9 Å². The number of ether oxygens (including phenoxy) is 2. The van der Waals surface area contributed by atoms with E-state index in [2.05, 4.69) is 20.6 Å². The first kappa shape index (κ1) is 19.6. The molecule has 0 spiro atoms. The largest absolute Gasteiger partial charge is 0.497 e. The van der Waals surface area contributed by atoms with Crippen LogP contribution in [-0.2, 0) is 0 Å². The summed E-state index contributed by atoms with van der Waals surface area (Å²) >= 11 is 0. The number of primary amides is 1. The van der Waals surface area contributed by atoms with Gasteiger partial charge < -0.3 is 25.8 Å². The summed E-state index contributed by atoms with van der Waals surface area (Å²) in [7, 11) is 3.01. The molecule has 9 nitrogen and oxygen atoms in total. The second-order valence-electron chi connectivity index (χ2n) is 5.83. The van der Waals surface area contributed by atoms with Crippen molar-refractivity contribution in [2.45, 2.75) is 0 Å². The molecule has 1 aromatic heterocycles. The first-order chi connectivity index (χ1) is 14.0. The second-order valence-corrected chi connectivity index (χ2v) is 5.83. The van der Waals surface area contributed by atoms with E-state index in [1.165, 1.54) is 20.4 Å². The van der Waals surface area contributed by atoms with Crippen LogP contribution in [0.4, 0.5) is 17.2 Å². The maximum Gasteiger partial charge on any atom is 0.293 e. The van der Waals surface area contributed by atoms with Gasteiger partial charge in [-0.15, -0.1) is 0 Å². The topological polar surface area (TPSA) is 128 Å². The lowest BCUT2D eigenvalue weighted by molar-refractivity contribution is 0.0991. The third-order valence-corrected chi connectivity index (χ3v) is 3.95. The molecule has 3 rings (SSSR count). The molecule has 0 radical (unpaired) electrons. The van der Waals surface area contributed by atoms with Gasteiger partial charge in [0.05, 0.1) is 19.9 Å². The lowest BCUT2D eigenvalue weighted by Crippen LogP contribution is -2.20. The van der Waals surface area contributed by atoms with Crippen LogP contribution < -0.4 is 25.8 Å². The maximum atomic E-state index is 12.7. The van der Waals surface area contributed by atoms with Crippen molar-refractivity contribution in [2.24, 2.45) is 5.73 Å². The fourth-order valence-electron chi connectivity index (χ4n) is 2.51. The van der Waals surface area contributed by atoms with Gasteiger partial charge >= 0.3 is 0 Å². The molecule has 0 unspecified atom stereocenters. The van der Waals surface area contributed by atoms with Crippen LogP contribution in [0.25, 0.3) is 0 Å². The average Bonchev–Trinajstić information content (AvgIpc) is 2.74. The number of hydrogen-bond donors (Lipinski definition) is 3. The molecule has 148 valence electrons. The number of nitrogens with zero attached hydrogens (tertiary/aromatic N) is 2. The van der Waals surface area contributed by atoms with Crippen LogP contribution in [0.1, 0.15) is 21.0 Å². The number of nitrogens with two attached hydrogens (primary N) is 1. The van der Waals surface area contributed by atoms with Gasteiger partial charge in [0, 0.05) is 18.0 Å². The van der Waals surface area contributed by atoms with Gasteiger partial charge in [-0.3, -0.25) is 9.59 Å². The van der Waals surface area contributed by atoms with E-state index < -0.39 is 11.8 Å². The van der Waals surface area contributed by atoms with Crippen molar-refractivity contribution < 1.29 is 19.1 Å². The van der Waals surface area contributed by atoms with E-state index in [9.17, 15) is 9.59 Å². The van der Waals surface area contributed by atoms with Crippen molar-refractivity contribution >= 4 is 29.0 Å². The minimum absolute atomic E-state index is 0.0624. The van der Waals surface area contributed by atoms with Crippen molar-refractivity contribution in [2.75, 3.05) is 24.9 Å². The summed E-state index contributed by atoms with van der Waals surface area (Å²) in [6.45, 7) is 0. The Labute approximate surface area is 166 Å². The molecule has 0 fully saturated rings. The molecule has 29 heavy (non-hydrogen) atoms. The number of methoxy groups -OCH3 is 2. The number of carbonyl (C=O) groups is 2. The normalized spacial score (nSPS) is 10.1. The minimum atomic E-state index is -0.716. The van der Waals surface area contributed by atoms with Gasteiger partial charge in [0.25, 0.3) is 11.8 Å². The molecule has 1 heterocycles. The third kappa shape index (κ3) is 4.59. The fourth-order valence-corrected chi connectivity index (χ4v) is 2.51. The highest BCUT2D eigenvalue weighted by atomic mass is 16.5. The zero-order valence-electron chi connectivity index (χ0n) is 15.8. The molecule has 0 aliphatic carbocycles. The Balaban J connectivity index is 1.89. The van der Waals surface area contributed by atoms with Gasteiger partial charge in [-0.25, -0.2) is 9.97 Å². The lowest BCUT2D eigenvalue weighted by atomic mass is 10.2. The van der Waals surface area contributed by atoms with E-state index in [0.717, 1.165) is 0 Å². The van der Waals surface area contributed by atoms with E-state index in [-0.39, 0.29) is 17.2 Å². The Hall–Kier alpha value is -4.14. The van der Waals surface area contributed by atoms with Gasteiger partial charge in [0.2, 0.25) is 5.82 Å². The SMILES string of the molecule is COc1ccc(NC(=O)c2ncc(C(N)=O)c(Nc3ccccc3)n2)c(OC)c1. The summed E-state index contributed by atoms with van der Waals surface area (Å²) < 4.78 is 10.4. The summed E-state index contributed by atoms with van der Waals surface area (Å²) in [6, 6.07) is 14.0. The molecule has 0 saturated carbocycles. The molecule has 4 N–H and O–H groups in total. The molecule has 0 saturated heterocycles. The number of rotatable bonds is 7. The number of carbonyl (C=O) groups excluding carboxylic acids is 2. The zero-order chi connectivity index (χ0) is 20.8. The summed E-state index contributed by atoms with van der Waals surface area (Å²) in [5.74, 6) is -0.324. The van der Waals surface area contributed by atoms with Crippen molar-refractivity contribution in [3.05, 3.63) is 66.1 Å². The number of nitrogens with one attached hydrogen (secondary N) is 2. The van der Waals surface area contributed by atoms with Crippen molar-refractivity contribution in [1.82, 2.24) is 9.97 Å². The van der Waals surface area contributed by atoms with Crippen molar-refractivity contribution in [3.63, 3.8) is 0 Å². The van der Waals surface area contributed by atoms with Gasteiger partial charge in [-0.1, -0.05) is 18.2 Å². The predicted octanol–water partition coefficient (Wildman–Crippen LogP) is 2.59. The first-order valence-electron chi connectivity index (χ1n) is 8.54. The average molecular weight is 393 g/mol. The Bertz CT molecular complexity index is 1040. The molecule has 0 atom stereocenters. The van der Waals surface area contributed by atoms with Crippen LogP contribution in [0, 0.1) is 0 Å². The monoisotopic (exact) mass is 393 g/mol. The maximum absolute atomic E-state index is 12.7. The Morgan fingerprint density at radius 1 is 1.03 bits per heavy atom. The molecule has 0 bridgehead atoms. The quantitative estimate of drug-likeness (QED) is 0.563. The summed E-state index contributed by atoms with van der Waals surface area (Å²) in [5, 5.41) is 5.66. The fraction of sp³-hybridized carbons (Fsp3) is 0.100. The molecule has 0 aliphatic heterocycles. The van der Waals surface area contributed by atoms with E-state index >= 15 is 0 Å². The lowest BCUT2D eigenvalue weighted by Gasteiger charge is -2.12. The van der Waals surface area contributed by atoms with Gasteiger partial charge in [0.15, 0.2) is 0 Å². The standard InChI is InChI=1S/C20H19N5O4/c1-28-13-8-9-15(16(10-13)29-2)24-20(27)19-22-11-14(17(21)26)18(25-19)23-12-6-4-3-5-7-12/h3-11H,1-2H3,(H2,21,26)(H,24,27)(H,22,23,25). The number of anilines is 3. The Kier molecular flexibility index (Phi) is 5.88. The summed E-state index contributed by atoms with van der Waals surface area (Å²) in [5.41, 5.74) is 6.55. The van der Waals surface area contributed by atoms with E-state index in [4.69, 9.17) is 15.2 Å². The van der Waals surface area contributed by atoms with Gasteiger partial charge in [-0.2, -0.15) is 0 Å². The number of benzene rings is 2. The second kappa shape index (κ2) is 8.70. The van der Waals surface area contributed by atoms with Crippen LogP contribution >= 0.6 is 0 Å². The van der Waals surface area contributed by atoms with Crippen LogP contribution in [0.3, 0.4) is 0 Å². The molecule has 2 aromatic carbocycles. The summed E-state index contributed by atoms with van der Waals surface area (Å²) in [6.07, 6.45) is 1.21. The molecule has 9 heteroatoms. The Morgan fingerprint density at radius 2 is 1.79 bits per heavy atom. The number of hydrogen-bond acceptors (Lipinski definition) is 7. The van der Waals surface area contributed by atoms with Crippen LogP contribution in [0.5, 0.6) is 11.5 Å². The van der Waals surface area contributed by atoms with Crippen LogP contribution in [0.15, 0.2) is 54.7 Å². The van der Waals surface area contributed by atoms with Crippen molar-refractivity contribution in [1.29, 1.82) is 0 Å². The molecular formula is C20H19N5O4. The zero-order valence-corrected chi connectivity index (χ0v) is 15.8. The predicted molar refractivity (Wildman–Crippen MR) is 108 cm³/mol. The highest BCUT2D eigenvalue weighted by molar-refractivity contribution is 6.04. The van der Waals surface area contributed by atoms with E-state index in [1.54, 1.807) is 30.3 Å². The van der Waals surface area contributed by atoms with E-state index in [0.29, 0.717) is 22.9 Å². The number of para-hydroxylation sites is 1. The number of aromatic nitrogens is 2. The molecule has 2 amide bonds. The van der Waals surface area contributed by atoms with Crippen LogP contribution in [-0.4, -0.2) is 36.0 Å². The molecule has 0 aliphatic rings. The highest BCUT2D eigenvalue weighted by Gasteiger charge is 2.18.